The second-order valence-electron chi connectivity index (χ2n) is 5.84. The first-order valence-corrected chi connectivity index (χ1v) is 7.63. The standard InChI is InChI=1S/C15H24N4/c1-16-11-13-7-2-3-10-19(13)15-9-8-14(17-18-15)12-5-4-6-12/h8-9,12-13,16H,2-7,10-11H2,1H3. The predicted octanol–water partition coefficient (Wildman–Crippen LogP) is 2.32. The molecule has 1 saturated heterocycles. The molecule has 1 saturated carbocycles. The first-order valence-electron chi connectivity index (χ1n) is 7.63. The summed E-state index contributed by atoms with van der Waals surface area (Å²) in [5.41, 5.74) is 1.19. The van der Waals surface area contributed by atoms with E-state index >= 15 is 0 Å². The van der Waals surface area contributed by atoms with Crippen LogP contribution in [0.3, 0.4) is 0 Å². The Hall–Kier alpha value is -1.16. The number of aromatic nitrogens is 2. The van der Waals surface area contributed by atoms with E-state index in [4.69, 9.17) is 0 Å². The molecule has 4 heteroatoms. The molecule has 0 bridgehead atoms. The van der Waals surface area contributed by atoms with Gasteiger partial charge >= 0.3 is 0 Å². The van der Waals surface area contributed by atoms with Crippen molar-refractivity contribution in [3.05, 3.63) is 17.8 Å². The van der Waals surface area contributed by atoms with E-state index in [-0.39, 0.29) is 0 Å². The maximum absolute atomic E-state index is 4.49. The third-order valence-electron chi connectivity index (χ3n) is 4.56. The minimum Gasteiger partial charge on any atom is -0.351 e. The molecular formula is C15H24N4. The summed E-state index contributed by atoms with van der Waals surface area (Å²) in [5.74, 6) is 1.74. The first-order chi connectivity index (χ1) is 9.38. The SMILES string of the molecule is CNCC1CCCCN1c1ccc(C2CCC2)nn1. The predicted molar refractivity (Wildman–Crippen MR) is 77.5 cm³/mol. The number of nitrogens with zero attached hydrogens (tertiary/aromatic N) is 3. The van der Waals surface area contributed by atoms with E-state index in [0.29, 0.717) is 12.0 Å². The van der Waals surface area contributed by atoms with Crippen molar-refractivity contribution in [1.29, 1.82) is 0 Å². The van der Waals surface area contributed by atoms with Crippen LogP contribution >= 0.6 is 0 Å². The highest BCUT2D eigenvalue weighted by Gasteiger charge is 2.25. The van der Waals surface area contributed by atoms with Gasteiger partial charge in [0.1, 0.15) is 0 Å². The zero-order valence-corrected chi connectivity index (χ0v) is 11.8. The Morgan fingerprint density at radius 3 is 2.68 bits per heavy atom. The van der Waals surface area contributed by atoms with E-state index in [1.54, 1.807) is 0 Å². The van der Waals surface area contributed by atoms with Crippen molar-refractivity contribution in [3.8, 4) is 0 Å². The molecule has 0 amide bonds. The first kappa shape index (κ1) is 12.9. The number of hydrogen-bond acceptors (Lipinski definition) is 4. The van der Waals surface area contributed by atoms with Gasteiger partial charge in [-0.3, -0.25) is 0 Å². The van der Waals surface area contributed by atoms with Crippen LogP contribution < -0.4 is 10.2 Å². The molecule has 19 heavy (non-hydrogen) atoms. The van der Waals surface area contributed by atoms with Crippen molar-refractivity contribution in [2.75, 3.05) is 25.0 Å². The molecule has 1 aliphatic heterocycles. The fraction of sp³-hybridized carbons (Fsp3) is 0.733. The third-order valence-corrected chi connectivity index (χ3v) is 4.56. The lowest BCUT2D eigenvalue weighted by Gasteiger charge is -2.36. The van der Waals surface area contributed by atoms with Crippen LogP contribution in [-0.4, -0.2) is 36.4 Å². The number of rotatable bonds is 4. The maximum atomic E-state index is 4.49. The van der Waals surface area contributed by atoms with Gasteiger partial charge in [0, 0.05) is 25.0 Å². The highest BCUT2D eigenvalue weighted by atomic mass is 15.3. The Labute approximate surface area is 115 Å². The second kappa shape index (κ2) is 5.87. The summed E-state index contributed by atoms with van der Waals surface area (Å²) in [6.45, 7) is 2.15. The van der Waals surface area contributed by atoms with Crippen LogP contribution in [0.2, 0.25) is 0 Å². The molecule has 1 aromatic rings. The molecule has 0 radical (unpaired) electrons. The summed E-state index contributed by atoms with van der Waals surface area (Å²) in [5, 5.41) is 12.2. The van der Waals surface area contributed by atoms with Crippen molar-refractivity contribution in [1.82, 2.24) is 15.5 Å². The van der Waals surface area contributed by atoms with Gasteiger partial charge in [0.05, 0.1) is 5.69 Å². The van der Waals surface area contributed by atoms with Gasteiger partial charge in [0.2, 0.25) is 0 Å². The average molecular weight is 260 g/mol. The van der Waals surface area contributed by atoms with Gasteiger partial charge in [0.15, 0.2) is 5.82 Å². The Balaban J connectivity index is 1.72. The molecule has 104 valence electrons. The number of hydrogen-bond donors (Lipinski definition) is 1. The molecule has 1 aromatic heterocycles. The lowest BCUT2D eigenvalue weighted by atomic mass is 9.83. The normalized spacial score (nSPS) is 24.3. The largest absolute Gasteiger partial charge is 0.351 e. The average Bonchev–Trinajstić information content (AvgIpc) is 2.39. The van der Waals surface area contributed by atoms with Gasteiger partial charge in [0.25, 0.3) is 0 Å². The van der Waals surface area contributed by atoms with Crippen LogP contribution in [0, 0.1) is 0 Å². The molecule has 1 N–H and O–H groups in total. The topological polar surface area (TPSA) is 41.0 Å². The molecule has 4 nitrogen and oxygen atoms in total. The molecule has 2 aliphatic rings. The van der Waals surface area contributed by atoms with E-state index < -0.39 is 0 Å². The molecule has 3 rings (SSSR count). The molecule has 1 atom stereocenters. The van der Waals surface area contributed by atoms with E-state index in [9.17, 15) is 0 Å². The minimum absolute atomic E-state index is 0.572. The van der Waals surface area contributed by atoms with Crippen LogP contribution in [0.4, 0.5) is 5.82 Å². The van der Waals surface area contributed by atoms with Crippen LogP contribution in [0.15, 0.2) is 12.1 Å². The van der Waals surface area contributed by atoms with Crippen LogP contribution in [0.5, 0.6) is 0 Å². The van der Waals surface area contributed by atoms with Gasteiger partial charge in [-0.25, -0.2) is 0 Å². The van der Waals surface area contributed by atoms with Crippen molar-refractivity contribution >= 4 is 5.82 Å². The summed E-state index contributed by atoms with van der Waals surface area (Å²) < 4.78 is 0. The smallest absolute Gasteiger partial charge is 0.151 e. The van der Waals surface area contributed by atoms with E-state index in [1.807, 2.05) is 7.05 Å². The lowest BCUT2D eigenvalue weighted by molar-refractivity contribution is 0.406. The molecule has 0 spiro atoms. The second-order valence-corrected chi connectivity index (χ2v) is 5.84. The van der Waals surface area contributed by atoms with Crippen LogP contribution in [0.25, 0.3) is 0 Å². The molecule has 0 aromatic carbocycles. The highest BCUT2D eigenvalue weighted by Crippen LogP contribution is 2.35. The summed E-state index contributed by atoms with van der Waals surface area (Å²) >= 11 is 0. The Morgan fingerprint density at radius 1 is 1.16 bits per heavy atom. The Morgan fingerprint density at radius 2 is 2.05 bits per heavy atom. The van der Waals surface area contributed by atoms with Gasteiger partial charge in [-0.2, -0.15) is 5.10 Å². The molecule has 2 heterocycles. The van der Waals surface area contributed by atoms with Gasteiger partial charge in [-0.15, -0.1) is 5.10 Å². The van der Waals surface area contributed by atoms with Crippen molar-refractivity contribution in [3.63, 3.8) is 0 Å². The molecule has 2 fully saturated rings. The van der Waals surface area contributed by atoms with Crippen LogP contribution in [0.1, 0.15) is 50.1 Å². The third kappa shape index (κ3) is 2.73. The summed E-state index contributed by atoms with van der Waals surface area (Å²) in [6, 6.07) is 4.94. The quantitative estimate of drug-likeness (QED) is 0.902. The van der Waals surface area contributed by atoms with E-state index in [1.165, 1.54) is 44.2 Å². The summed E-state index contributed by atoms with van der Waals surface area (Å²) in [7, 11) is 2.03. The number of piperidine rings is 1. The lowest BCUT2D eigenvalue weighted by Crippen LogP contribution is -2.45. The van der Waals surface area contributed by atoms with Gasteiger partial charge < -0.3 is 10.2 Å². The Kier molecular flexibility index (Phi) is 3.97. The van der Waals surface area contributed by atoms with E-state index in [0.717, 1.165) is 18.9 Å². The zero-order valence-electron chi connectivity index (χ0n) is 11.8. The fourth-order valence-corrected chi connectivity index (χ4v) is 3.16. The highest BCUT2D eigenvalue weighted by molar-refractivity contribution is 5.40. The fourth-order valence-electron chi connectivity index (χ4n) is 3.16. The minimum atomic E-state index is 0.572. The van der Waals surface area contributed by atoms with Crippen molar-refractivity contribution in [2.24, 2.45) is 0 Å². The zero-order chi connectivity index (χ0) is 13.1. The van der Waals surface area contributed by atoms with Gasteiger partial charge in [-0.05, 0) is 51.3 Å². The monoisotopic (exact) mass is 260 g/mol. The van der Waals surface area contributed by atoms with E-state index in [2.05, 4.69) is 32.5 Å². The number of nitrogens with one attached hydrogen (secondary N) is 1. The Bertz CT molecular complexity index is 397. The summed E-state index contributed by atoms with van der Waals surface area (Å²) in [6.07, 6.45) is 7.79. The number of likely N-dealkylation sites (N-methyl/N-ethyl adjacent to an activating group) is 1. The van der Waals surface area contributed by atoms with Gasteiger partial charge in [-0.1, -0.05) is 6.42 Å². The maximum Gasteiger partial charge on any atom is 0.151 e. The number of anilines is 1. The summed E-state index contributed by atoms with van der Waals surface area (Å²) in [4.78, 5) is 2.43. The van der Waals surface area contributed by atoms with Crippen molar-refractivity contribution in [2.45, 2.75) is 50.5 Å². The van der Waals surface area contributed by atoms with Crippen LogP contribution in [-0.2, 0) is 0 Å². The molecule has 1 unspecified atom stereocenters. The molecule has 1 aliphatic carbocycles. The molecular weight excluding hydrogens is 236 g/mol. The van der Waals surface area contributed by atoms with Crippen molar-refractivity contribution < 1.29 is 0 Å².